The molecule has 1 aromatic carbocycles. The molecule has 0 aromatic heterocycles. The maximum absolute atomic E-state index is 11.0. The second-order valence-electron chi connectivity index (χ2n) is 2.92. The van der Waals surface area contributed by atoms with Crippen LogP contribution in [0.1, 0.15) is 5.56 Å². The van der Waals surface area contributed by atoms with E-state index in [4.69, 9.17) is 4.74 Å². The summed E-state index contributed by atoms with van der Waals surface area (Å²) in [6.07, 6.45) is 0.380. The van der Waals surface area contributed by atoms with Gasteiger partial charge in [0.05, 0.1) is 0 Å². The zero-order chi connectivity index (χ0) is 11.1. The van der Waals surface area contributed by atoms with E-state index in [1.165, 1.54) is 0 Å². The summed E-state index contributed by atoms with van der Waals surface area (Å²) in [5.41, 5.74) is 5.23. The van der Waals surface area contributed by atoms with Crippen molar-refractivity contribution in [2.75, 3.05) is 6.61 Å². The van der Waals surface area contributed by atoms with Crippen molar-refractivity contribution < 1.29 is 14.3 Å². The number of carbonyl (C=O) groups is 2. The van der Waals surface area contributed by atoms with Crippen LogP contribution in [0.5, 0.6) is 5.75 Å². The maximum atomic E-state index is 11.0. The minimum Gasteiger partial charge on any atom is -0.484 e. The summed E-state index contributed by atoms with van der Waals surface area (Å²) in [7, 11) is 0. The molecule has 0 radical (unpaired) electrons. The molecule has 0 spiro atoms. The van der Waals surface area contributed by atoms with E-state index >= 15 is 0 Å². The van der Waals surface area contributed by atoms with Gasteiger partial charge in [-0.15, -0.1) is 0 Å². The normalized spacial score (nSPS) is 9.13. The summed E-state index contributed by atoms with van der Waals surface area (Å²) in [5, 5.41) is 0. The van der Waals surface area contributed by atoms with Gasteiger partial charge in [0.25, 0.3) is 5.91 Å². The highest BCUT2D eigenvalue weighted by molar-refractivity contribution is 5.78. The van der Waals surface area contributed by atoms with Crippen molar-refractivity contribution in [3.8, 4) is 5.75 Å². The van der Waals surface area contributed by atoms with Gasteiger partial charge in [-0.3, -0.25) is 20.4 Å². The maximum Gasteiger partial charge on any atom is 0.276 e. The number of amides is 2. The number of rotatable bonds is 5. The molecule has 1 rings (SSSR count). The standard InChI is InChI=1S/C10H12N2O3/c1-8-3-2-4-9(5-8)15-6-10(14)12-11-7-13/h2-5,7H,6H2,1H3,(H,11,13)(H,12,14). The Labute approximate surface area is 87.4 Å². The molecule has 0 saturated carbocycles. The smallest absolute Gasteiger partial charge is 0.276 e. The van der Waals surface area contributed by atoms with Crippen LogP contribution in [-0.2, 0) is 9.59 Å². The van der Waals surface area contributed by atoms with Crippen LogP contribution in [0.2, 0.25) is 0 Å². The first-order chi connectivity index (χ1) is 7.22. The highest BCUT2D eigenvalue weighted by Gasteiger charge is 2.00. The Morgan fingerprint density at radius 1 is 1.53 bits per heavy atom. The Morgan fingerprint density at radius 2 is 2.33 bits per heavy atom. The van der Waals surface area contributed by atoms with Crippen molar-refractivity contribution in [2.45, 2.75) is 6.92 Å². The molecule has 2 amide bonds. The van der Waals surface area contributed by atoms with Crippen molar-refractivity contribution in [3.05, 3.63) is 29.8 Å². The highest BCUT2D eigenvalue weighted by atomic mass is 16.5. The lowest BCUT2D eigenvalue weighted by Gasteiger charge is -2.06. The summed E-state index contributed by atoms with van der Waals surface area (Å²) in [4.78, 5) is 20.9. The molecular weight excluding hydrogens is 196 g/mol. The van der Waals surface area contributed by atoms with Crippen molar-refractivity contribution >= 4 is 12.3 Å². The number of benzene rings is 1. The number of ether oxygens (including phenoxy) is 1. The van der Waals surface area contributed by atoms with Gasteiger partial charge in [-0.1, -0.05) is 12.1 Å². The zero-order valence-electron chi connectivity index (χ0n) is 8.32. The predicted octanol–water partition coefficient (Wildman–Crippen LogP) is 0.151. The van der Waals surface area contributed by atoms with E-state index in [0.717, 1.165) is 5.56 Å². The van der Waals surface area contributed by atoms with Crippen LogP contribution < -0.4 is 15.6 Å². The quantitative estimate of drug-likeness (QED) is 0.534. The Bertz CT molecular complexity index is 352. The van der Waals surface area contributed by atoms with Crippen LogP contribution in [0.15, 0.2) is 24.3 Å². The Hall–Kier alpha value is -2.04. The van der Waals surface area contributed by atoms with Crippen LogP contribution in [0.25, 0.3) is 0 Å². The number of hydrogen-bond donors (Lipinski definition) is 2. The molecule has 0 aliphatic heterocycles. The Kier molecular flexibility index (Phi) is 4.15. The van der Waals surface area contributed by atoms with Gasteiger partial charge in [-0.2, -0.15) is 0 Å². The number of carbonyl (C=O) groups excluding carboxylic acids is 2. The predicted molar refractivity (Wildman–Crippen MR) is 54.0 cm³/mol. The lowest BCUT2D eigenvalue weighted by atomic mass is 10.2. The molecule has 1 aromatic rings. The van der Waals surface area contributed by atoms with Gasteiger partial charge in [0.1, 0.15) is 5.75 Å². The third-order valence-corrected chi connectivity index (χ3v) is 1.63. The Balaban J connectivity index is 2.36. The average molecular weight is 208 g/mol. The third-order valence-electron chi connectivity index (χ3n) is 1.63. The summed E-state index contributed by atoms with van der Waals surface area (Å²) in [5.74, 6) is 0.208. The van der Waals surface area contributed by atoms with Crippen LogP contribution >= 0.6 is 0 Å². The first-order valence-electron chi connectivity index (χ1n) is 4.40. The molecule has 15 heavy (non-hydrogen) atoms. The number of aryl methyl sites for hydroxylation is 1. The molecule has 5 heteroatoms. The second kappa shape index (κ2) is 5.64. The zero-order valence-corrected chi connectivity index (χ0v) is 8.32. The van der Waals surface area contributed by atoms with Gasteiger partial charge in [-0.05, 0) is 24.6 Å². The van der Waals surface area contributed by atoms with Crippen molar-refractivity contribution in [1.29, 1.82) is 0 Å². The molecule has 0 heterocycles. The van der Waals surface area contributed by atoms with E-state index in [9.17, 15) is 9.59 Å². The molecule has 0 aliphatic carbocycles. The second-order valence-corrected chi connectivity index (χ2v) is 2.92. The van der Waals surface area contributed by atoms with Crippen LogP contribution in [-0.4, -0.2) is 18.9 Å². The molecule has 0 aliphatic rings. The van der Waals surface area contributed by atoms with E-state index in [0.29, 0.717) is 12.2 Å². The van der Waals surface area contributed by atoms with Crippen molar-refractivity contribution in [3.63, 3.8) is 0 Å². The highest BCUT2D eigenvalue weighted by Crippen LogP contribution is 2.11. The van der Waals surface area contributed by atoms with Gasteiger partial charge in [0.2, 0.25) is 6.41 Å². The lowest BCUT2D eigenvalue weighted by Crippen LogP contribution is -2.39. The van der Waals surface area contributed by atoms with Crippen molar-refractivity contribution in [1.82, 2.24) is 10.9 Å². The fourth-order valence-corrected chi connectivity index (χ4v) is 1.00. The van der Waals surface area contributed by atoms with E-state index in [1.54, 1.807) is 6.07 Å². The minimum absolute atomic E-state index is 0.135. The summed E-state index contributed by atoms with van der Waals surface area (Å²) < 4.78 is 5.18. The number of hydrazine groups is 1. The molecule has 5 nitrogen and oxygen atoms in total. The third kappa shape index (κ3) is 4.12. The SMILES string of the molecule is Cc1cccc(OCC(=O)NNC=O)c1. The number of hydrogen-bond acceptors (Lipinski definition) is 3. The summed E-state index contributed by atoms with van der Waals surface area (Å²) >= 11 is 0. The van der Waals surface area contributed by atoms with Gasteiger partial charge >= 0.3 is 0 Å². The van der Waals surface area contributed by atoms with Gasteiger partial charge in [-0.25, -0.2) is 0 Å². The fraction of sp³-hybridized carbons (Fsp3) is 0.200. The summed E-state index contributed by atoms with van der Waals surface area (Å²) in [6, 6.07) is 7.35. The largest absolute Gasteiger partial charge is 0.484 e. The van der Waals surface area contributed by atoms with Crippen molar-refractivity contribution in [2.24, 2.45) is 0 Å². The van der Waals surface area contributed by atoms with E-state index in [1.807, 2.05) is 30.5 Å². The van der Waals surface area contributed by atoms with Gasteiger partial charge in [0.15, 0.2) is 6.61 Å². The van der Waals surface area contributed by atoms with E-state index in [-0.39, 0.29) is 6.61 Å². The first kappa shape index (κ1) is 11.0. The minimum atomic E-state index is -0.413. The van der Waals surface area contributed by atoms with E-state index < -0.39 is 5.91 Å². The lowest BCUT2D eigenvalue weighted by molar-refractivity contribution is -0.126. The molecule has 2 N–H and O–H groups in total. The number of nitrogens with one attached hydrogen (secondary N) is 2. The Morgan fingerprint density at radius 3 is 3.00 bits per heavy atom. The van der Waals surface area contributed by atoms with Gasteiger partial charge < -0.3 is 4.74 Å². The molecular formula is C10H12N2O3. The molecule has 0 saturated heterocycles. The molecule has 0 fully saturated rings. The van der Waals surface area contributed by atoms with Crippen LogP contribution in [0.4, 0.5) is 0 Å². The molecule has 0 atom stereocenters. The average Bonchev–Trinajstić information content (AvgIpc) is 2.23. The summed E-state index contributed by atoms with van der Waals surface area (Å²) in [6.45, 7) is 1.80. The van der Waals surface area contributed by atoms with Crippen LogP contribution in [0.3, 0.4) is 0 Å². The fourth-order valence-electron chi connectivity index (χ4n) is 1.00. The first-order valence-corrected chi connectivity index (χ1v) is 4.40. The molecule has 80 valence electrons. The topological polar surface area (TPSA) is 67.4 Å². The van der Waals surface area contributed by atoms with E-state index in [2.05, 4.69) is 5.43 Å². The molecule has 0 unspecified atom stereocenters. The monoisotopic (exact) mass is 208 g/mol. The molecule has 0 bridgehead atoms. The van der Waals surface area contributed by atoms with Crippen LogP contribution in [0, 0.1) is 6.92 Å². The van der Waals surface area contributed by atoms with Gasteiger partial charge in [0, 0.05) is 0 Å².